The standard InChI is InChI=1S/C20H24N4O6/c1-11(25)17-21-7-15(23-17)9-29-19(27)13-4-3-5-14(6-13)20(28)30-10-16-8-22-18(24-16)12(2)26/h7-8,13-14H,3-6,9-10H2,1-2H3,(H,21,23)(H,22,24)/t13-,14+. The lowest BCUT2D eigenvalue weighted by molar-refractivity contribution is -0.156. The Balaban J connectivity index is 1.47. The Hall–Kier alpha value is -3.30. The minimum atomic E-state index is -0.390. The number of carbonyl (C=O) groups excluding carboxylic acids is 4. The van der Waals surface area contributed by atoms with Crippen molar-refractivity contribution in [1.29, 1.82) is 0 Å². The van der Waals surface area contributed by atoms with E-state index in [2.05, 4.69) is 19.9 Å². The lowest BCUT2D eigenvalue weighted by atomic mass is 9.81. The number of aromatic nitrogens is 4. The fraction of sp³-hybridized carbons (Fsp3) is 0.500. The van der Waals surface area contributed by atoms with Crippen molar-refractivity contribution >= 4 is 23.5 Å². The van der Waals surface area contributed by atoms with Crippen molar-refractivity contribution in [3.63, 3.8) is 0 Å². The van der Waals surface area contributed by atoms with E-state index in [0.29, 0.717) is 30.7 Å². The summed E-state index contributed by atoms with van der Waals surface area (Å²) in [6.45, 7) is 2.74. The van der Waals surface area contributed by atoms with Gasteiger partial charge in [0.05, 0.1) is 29.4 Å². The second-order valence-electron chi connectivity index (χ2n) is 7.39. The number of esters is 2. The molecule has 2 aromatic rings. The summed E-state index contributed by atoms with van der Waals surface area (Å²) in [4.78, 5) is 60.8. The van der Waals surface area contributed by atoms with E-state index < -0.39 is 0 Å². The zero-order valence-corrected chi connectivity index (χ0v) is 16.9. The van der Waals surface area contributed by atoms with E-state index in [1.54, 1.807) is 0 Å². The molecule has 2 atom stereocenters. The molecule has 0 spiro atoms. The van der Waals surface area contributed by atoms with Crippen LogP contribution in [0.5, 0.6) is 0 Å². The molecule has 2 N–H and O–H groups in total. The van der Waals surface area contributed by atoms with Crippen molar-refractivity contribution < 1.29 is 28.7 Å². The number of hydrogen-bond acceptors (Lipinski definition) is 8. The molecule has 0 unspecified atom stereocenters. The van der Waals surface area contributed by atoms with Crippen molar-refractivity contribution in [2.24, 2.45) is 11.8 Å². The summed E-state index contributed by atoms with van der Waals surface area (Å²) >= 11 is 0. The smallest absolute Gasteiger partial charge is 0.309 e. The van der Waals surface area contributed by atoms with Crippen LogP contribution in [0.4, 0.5) is 0 Å². The van der Waals surface area contributed by atoms with Gasteiger partial charge in [-0.25, -0.2) is 9.97 Å². The highest BCUT2D eigenvalue weighted by Gasteiger charge is 2.33. The first kappa shape index (κ1) is 21.4. The molecule has 0 amide bonds. The molecule has 2 heterocycles. The number of hydrogen-bond donors (Lipinski definition) is 2. The third kappa shape index (κ3) is 5.40. The maximum atomic E-state index is 12.4. The zero-order chi connectivity index (χ0) is 21.7. The van der Waals surface area contributed by atoms with E-state index in [0.717, 1.165) is 6.42 Å². The molecule has 0 radical (unpaired) electrons. The highest BCUT2D eigenvalue weighted by Crippen LogP contribution is 2.31. The summed E-state index contributed by atoms with van der Waals surface area (Å²) < 4.78 is 10.6. The number of H-pyrrole nitrogens is 2. The number of rotatable bonds is 8. The Bertz CT molecular complexity index is 873. The molecule has 1 saturated carbocycles. The lowest BCUT2D eigenvalue weighted by Gasteiger charge is -2.26. The van der Waals surface area contributed by atoms with E-state index in [1.807, 2.05) is 0 Å². The quantitative estimate of drug-likeness (QED) is 0.492. The number of imidazole rings is 2. The first-order valence-electron chi connectivity index (χ1n) is 9.76. The largest absolute Gasteiger partial charge is 0.459 e. The Morgan fingerprint density at radius 2 is 1.63 bits per heavy atom. The molecule has 10 heteroatoms. The van der Waals surface area contributed by atoms with Gasteiger partial charge in [0.15, 0.2) is 23.2 Å². The van der Waals surface area contributed by atoms with Crippen LogP contribution in [0.2, 0.25) is 0 Å². The molecule has 2 aromatic heterocycles. The van der Waals surface area contributed by atoms with Crippen LogP contribution >= 0.6 is 0 Å². The highest BCUT2D eigenvalue weighted by atomic mass is 16.5. The SMILES string of the molecule is CC(=O)c1nc(COC(=O)[C@H]2CCC[C@@H](C(=O)OCc3cnc(C(C)=O)[nH]3)C2)c[nH]1. The van der Waals surface area contributed by atoms with Gasteiger partial charge in [0, 0.05) is 20.0 Å². The number of carbonyl (C=O) groups is 4. The molecule has 0 aromatic carbocycles. The molecular formula is C20H24N4O6. The molecule has 30 heavy (non-hydrogen) atoms. The van der Waals surface area contributed by atoms with E-state index in [1.165, 1.54) is 26.2 Å². The second-order valence-corrected chi connectivity index (χ2v) is 7.39. The third-order valence-electron chi connectivity index (χ3n) is 5.00. The predicted molar refractivity (Wildman–Crippen MR) is 102 cm³/mol. The Kier molecular flexibility index (Phi) is 6.76. The van der Waals surface area contributed by atoms with Gasteiger partial charge < -0.3 is 19.4 Å². The molecule has 0 aliphatic heterocycles. The van der Waals surface area contributed by atoms with Gasteiger partial charge in [-0.3, -0.25) is 19.2 Å². The third-order valence-corrected chi connectivity index (χ3v) is 5.00. The van der Waals surface area contributed by atoms with Crippen LogP contribution in [0.15, 0.2) is 12.4 Å². The van der Waals surface area contributed by atoms with Gasteiger partial charge in [-0.1, -0.05) is 6.42 Å². The van der Waals surface area contributed by atoms with Gasteiger partial charge in [-0.15, -0.1) is 0 Å². The van der Waals surface area contributed by atoms with Gasteiger partial charge in [0.25, 0.3) is 0 Å². The van der Waals surface area contributed by atoms with Gasteiger partial charge in [-0.2, -0.15) is 0 Å². The Morgan fingerprint density at radius 3 is 2.20 bits per heavy atom. The normalized spacial score (nSPS) is 18.6. The minimum Gasteiger partial charge on any atom is -0.459 e. The molecule has 10 nitrogen and oxygen atoms in total. The van der Waals surface area contributed by atoms with Gasteiger partial charge in [0.1, 0.15) is 13.2 Å². The number of ketones is 2. The molecule has 1 aliphatic rings. The van der Waals surface area contributed by atoms with Crippen molar-refractivity contribution in [3.05, 3.63) is 35.4 Å². The number of Topliss-reactive ketones (excluding diaryl/α,β-unsaturated/α-hetero) is 2. The molecule has 0 saturated heterocycles. The first-order valence-corrected chi connectivity index (χ1v) is 9.76. The van der Waals surface area contributed by atoms with E-state index in [-0.39, 0.29) is 60.2 Å². The minimum absolute atomic E-state index is 0.0115. The number of ether oxygens (including phenoxy) is 2. The van der Waals surface area contributed by atoms with Crippen LogP contribution in [0.3, 0.4) is 0 Å². The number of nitrogens with one attached hydrogen (secondary N) is 2. The predicted octanol–water partition coefficient (Wildman–Crippen LogP) is 2.13. The fourth-order valence-electron chi connectivity index (χ4n) is 3.37. The van der Waals surface area contributed by atoms with Gasteiger partial charge in [0.2, 0.25) is 0 Å². The number of nitrogens with zero attached hydrogens (tertiary/aromatic N) is 2. The average Bonchev–Trinajstić information content (AvgIpc) is 3.40. The summed E-state index contributed by atoms with van der Waals surface area (Å²) in [7, 11) is 0. The van der Waals surface area contributed by atoms with Crippen LogP contribution in [-0.4, -0.2) is 43.4 Å². The van der Waals surface area contributed by atoms with Crippen LogP contribution in [-0.2, 0) is 32.3 Å². The summed E-state index contributed by atoms with van der Waals surface area (Å²) in [6, 6.07) is 0. The number of aromatic amines is 2. The van der Waals surface area contributed by atoms with Crippen molar-refractivity contribution in [2.45, 2.75) is 52.7 Å². The van der Waals surface area contributed by atoms with E-state index in [9.17, 15) is 19.2 Å². The zero-order valence-electron chi connectivity index (χ0n) is 16.9. The summed E-state index contributed by atoms with van der Waals surface area (Å²) in [5.41, 5.74) is 0.994. The van der Waals surface area contributed by atoms with Crippen LogP contribution in [0, 0.1) is 11.8 Å². The van der Waals surface area contributed by atoms with Gasteiger partial charge >= 0.3 is 11.9 Å². The summed E-state index contributed by atoms with van der Waals surface area (Å²) in [6.07, 6.45) is 5.35. The van der Waals surface area contributed by atoms with Crippen LogP contribution in [0.25, 0.3) is 0 Å². The fourth-order valence-corrected chi connectivity index (χ4v) is 3.37. The molecule has 160 valence electrons. The molecule has 1 aliphatic carbocycles. The highest BCUT2D eigenvalue weighted by molar-refractivity contribution is 5.90. The topological polar surface area (TPSA) is 144 Å². The van der Waals surface area contributed by atoms with E-state index >= 15 is 0 Å². The lowest BCUT2D eigenvalue weighted by Crippen LogP contribution is -2.29. The maximum Gasteiger partial charge on any atom is 0.309 e. The average molecular weight is 416 g/mol. The van der Waals surface area contributed by atoms with Crippen molar-refractivity contribution in [1.82, 2.24) is 19.9 Å². The molecule has 3 rings (SSSR count). The molecule has 1 fully saturated rings. The Morgan fingerprint density at radius 1 is 1.00 bits per heavy atom. The summed E-state index contributed by atoms with van der Waals surface area (Å²) in [5.74, 6) is -1.52. The van der Waals surface area contributed by atoms with Crippen molar-refractivity contribution in [2.75, 3.05) is 0 Å². The Labute approximate surface area is 172 Å². The maximum absolute atomic E-state index is 12.4. The summed E-state index contributed by atoms with van der Waals surface area (Å²) in [5, 5.41) is 0. The van der Waals surface area contributed by atoms with Crippen LogP contribution in [0.1, 0.15) is 72.2 Å². The molecular weight excluding hydrogens is 392 g/mol. The first-order chi connectivity index (χ1) is 14.3. The monoisotopic (exact) mass is 416 g/mol. The van der Waals surface area contributed by atoms with Crippen LogP contribution < -0.4 is 0 Å². The van der Waals surface area contributed by atoms with E-state index in [4.69, 9.17) is 9.47 Å². The second kappa shape index (κ2) is 9.47. The molecule has 0 bridgehead atoms. The van der Waals surface area contributed by atoms with Gasteiger partial charge in [-0.05, 0) is 19.3 Å². The van der Waals surface area contributed by atoms with Crippen molar-refractivity contribution in [3.8, 4) is 0 Å².